The lowest BCUT2D eigenvalue weighted by atomic mass is 10.1. The Morgan fingerprint density at radius 1 is 1.50 bits per heavy atom. The van der Waals surface area contributed by atoms with E-state index in [0.29, 0.717) is 5.56 Å². The molecule has 0 radical (unpaired) electrons. The number of nitro groups is 1. The van der Waals surface area contributed by atoms with E-state index in [0.717, 1.165) is 0 Å². The highest BCUT2D eigenvalue weighted by atomic mass is 16.6. The van der Waals surface area contributed by atoms with Crippen molar-refractivity contribution in [2.24, 2.45) is 5.16 Å². The van der Waals surface area contributed by atoms with Gasteiger partial charge in [0, 0.05) is 23.2 Å². The van der Waals surface area contributed by atoms with Gasteiger partial charge in [0.05, 0.1) is 11.1 Å². The van der Waals surface area contributed by atoms with Crippen LogP contribution in [0.3, 0.4) is 0 Å². The molecule has 108 valence electrons. The zero-order valence-electron chi connectivity index (χ0n) is 11.6. The lowest BCUT2D eigenvalue weighted by Crippen LogP contribution is -2.42. The molecule has 0 aromatic heterocycles. The van der Waals surface area contributed by atoms with Crippen molar-refractivity contribution in [3.63, 3.8) is 0 Å². The van der Waals surface area contributed by atoms with Gasteiger partial charge in [-0.05, 0) is 20.8 Å². The SMILES string of the molecule is CC(C)(C)NC(=O)CO/N=C\c1cccc([N+](=O)[O-])c1. The maximum absolute atomic E-state index is 11.4. The Hall–Kier alpha value is -2.44. The van der Waals surface area contributed by atoms with E-state index in [1.54, 1.807) is 12.1 Å². The number of non-ortho nitro benzene ring substituents is 1. The number of nitro benzene ring substituents is 1. The maximum Gasteiger partial charge on any atom is 0.270 e. The molecule has 7 nitrogen and oxygen atoms in total. The van der Waals surface area contributed by atoms with Crippen molar-refractivity contribution in [2.45, 2.75) is 26.3 Å². The Morgan fingerprint density at radius 2 is 2.20 bits per heavy atom. The average molecular weight is 279 g/mol. The molecule has 1 amide bonds. The lowest BCUT2D eigenvalue weighted by molar-refractivity contribution is -0.384. The van der Waals surface area contributed by atoms with Crippen molar-refractivity contribution < 1.29 is 14.6 Å². The molecule has 0 aliphatic heterocycles. The zero-order valence-corrected chi connectivity index (χ0v) is 11.6. The topological polar surface area (TPSA) is 93.8 Å². The molecule has 1 aromatic rings. The summed E-state index contributed by atoms with van der Waals surface area (Å²) in [5.41, 5.74) is 0.166. The first kappa shape index (κ1) is 15.6. The molecule has 0 spiro atoms. The van der Waals surface area contributed by atoms with Crippen LogP contribution in [0.4, 0.5) is 5.69 Å². The number of amides is 1. The van der Waals surface area contributed by atoms with Crippen molar-refractivity contribution >= 4 is 17.8 Å². The fourth-order valence-corrected chi connectivity index (χ4v) is 1.37. The monoisotopic (exact) mass is 279 g/mol. The Kier molecular flexibility index (Phi) is 5.19. The summed E-state index contributed by atoms with van der Waals surface area (Å²) in [6.07, 6.45) is 1.32. The second kappa shape index (κ2) is 6.65. The molecule has 0 bridgehead atoms. The molecule has 0 atom stereocenters. The fourth-order valence-electron chi connectivity index (χ4n) is 1.37. The molecular formula is C13H17N3O4. The largest absolute Gasteiger partial charge is 0.386 e. The Morgan fingerprint density at radius 3 is 2.80 bits per heavy atom. The molecule has 0 aliphatic rings. The van der Waals surface area contributed by atoms with E-state index >= 15 is 0 Å². The molecule has 0 unspecified atom stereocenters. The van der Waals surface area contributed by atoms with Gasteiger partial charge in [0.1, 0.15) is 0 Å². The fraction of sp³-hybridized carbons (Fsp3) is 0.385. The van der Waals surface area contributed by atoms with Gasteiger partial charge in [-0.25, -0.2) is 0 Å². The van der Waals surface area contributed by atoms with Crippen molar-refractivity contribution in [3.8, 4) is 0 Å². The molecular weight excluding hydrogens is 262 g/mol. The number of benzene rings is 1. The summed E-state index contributed by atoms with van der Waals surface area (Å²) in [5.74, 6) is -0.284. The zero-order chi connectivity index (χ0) is 15.2. The summed E-state index contributed by atoms with van der Waals surface area (Å²) in [6.45, 7) is 5.37. The third-order valence-electron chi connectivity index (χ3n) is 2.07. The van der Waals surface area contributed by atoms with Crippen molar-refractivity contribution in [1.82, 2.24) is 5.32 Å². The molecule has 7 heteroatoms. The number of rotatable bonds is 5. The smallest absolute Gasteiger partial charge is 0.270 e. The van der Waals surface area contributed by atoms with Crippen LogP contribution in [0.15, 0.2) is 29.4 Å². The van der Waals surface area contributed by atoms with Crippen LogP contribution >= 0.6 is 0 Å². The summed E-state index contributed by atoms with van der Waals surface area (Å²) in [6, 6.07) is 5.94. The van der Waals surface area contributed by atoms with Gasteiger partial charge >= 0.3 is 0 Å². The van der Waals surface area contributed by atoms with Crippen LogP contribution in [-0.2, 0) is 9.63 Å². The van der Waals surface area contributed by atoms with Crippen LogP contribution < -0.4 is 5.32 Å². The van der Waals surface area contributed by atoms with Crippen LogP contribution in [-0.4, -0.2) is 29.2 Å². The van der Waals surface area contributed by atoms with Crippen LogP contribution in [0.1, 0.15) is 26.3 Å². The van der Waals surface area contributed by atoms with E-state index in [1.165, 1.54) is 18.3 Å². The average Bonchev–Trinajstić information content (AvgIpc) is 2.33. The standard InChI is InChI=1S/C13H17N3O4/c1-13(2,3)15-12(17)9-20-14-8-10-5-4-6-11(7-10)16(18)19/h4-8H,9H2,1-3H3,(H,15,17)/b14-8-. The summed E-state index contributed by atoms with van der Waals surface area (Å²) in [7, 11) is 0. The van der Waals surface area contributed by atoms with Gasteiger partial charge in [-0.2, -0.15) is 0 Å². The number of nitrogens with zero attached hydrogens (tertiary/aromatic N) is 2. The number of carbonyl (C=O) groups excluding carboxylic acids is 1. The minimum Gasteiger partial charge on any atom is -0.386 e. The minimum atomic E-state index is -0.491. The predicted octanol–water partition coefficient (Wildman–Crippen LogP) is 1.86. The van der Waals surface area contributed by atoms with E-state index < -0.39 is 4.92 Å². The normalized spacial score (nSPS) is 11.3. The number of oxime groups is 1. The highest BCUT2D eigenvalue weighted by molar-refractivity contribution is 5.80. The number of nitrogens with one attached hydrogen (secondary N) is 1. The van der Waals surface area contributed by atoms with Gasteiger partial charge in [0.25, 0.3) is 11.6 Å². The highest BCUT2D eigenvalue weighted by Crippen LogP contribution is 2.11. The van der Waals surface area contributed by atoms with Crippen LogP contribution in [0.5, 0.6) is 0 Å². The van der Waals surface area contributed by atoms with E-state index in [-0.39, 0.29) is 23.7 Å². The second-order valence-electron chi connectivity index (χ2n) is 5.16. The van der Waals surface area contributed by atoms with E-state index in [4.69, 9.17) is 4.84 Å². The Bertz CT molecular complexity index is 521. The van der Waals surface area contributed by atoms with Gasteiger partial charge in [-0.15, -0.1) is 0 Å². The summed E-state index contributed by atoms with van der Waals surface area (Å²) in [4.78, 5) is 26.3. The van der Waals surface area contributed by atoms with Gasteiger partial charge < -0.3 is 10.2 Å². The van der Waals surface area contributed by atoms with Crippen LogP contribution in [0.2, 0.25) is 0 Å². The van der Waals surface area contributed by atoms with Gasteiger partial charge in [-0.1, -0.05) is 17.3 Å². The van der Waals surface area contributed by atoms with E-state index in [1.807, 2.05) is 20.8 Å². The molecule has 0 aliphatic carbocycles. The van der Waals surface area contributed by atoms with Gasteiger partial charge in [0.15, 0.2) is 6.61 Å². The van der Waals surface area contributed by atoms with Gasteiger partial charge in [0.2, 0.25) is 0 Å². The number of hydrogen-bond acceptors (Lipinski definition) is 5. The molecule has 0 heterocycles. The summed E-state index contributed by atoms with van der Waals surface area (Å²) in [5, 5.41) is 16.9. The molecule has 1 N–H and O–H groups in total. The predicted molar refractivity (Wildman–Crippen MR) is 74.5 cm³/mol. The molecule has 0 saturated heterocycles. The molecule has 20 heavy (non-hydrogen) atoms. The minimum absolute atomic E-state index is 0.0283. The summed E-state index contributed by atoms with van der Waals surface area (Å²) < 4.78 is 0. The summed E-state index contributed by atoms with van der Waals surface area (Å²) >= 11 is 0. The number of hydrogen-bond donors (Lipinski definition) is 1. The second-order valence-corrected chi connectivity index (χ2v) is 5.16. The first-order chi connectivity index (χ1) is 9.28. The number of carbonyl (C=O) groups is 1. The highest BCUT2D eigenvalue weighted by Gasteiger charge is 2.13. The molecule has 0 saturated carbocycles. The molecule has 1 rings (SSSR count). The van der Waals surface area contributed by atoms with E-state index in [2.05, 4.69) is 10.5 Å². The van der Waals surface area contributed by atoms with Crippen molar-refractivity contribution in [2.75, 3.05) is 6.61 Å². The lowest BCUT2D eigenvalue weighted by Gasteiger charge is -2.19. The third-order valence-corrected chi connectivity index (χ3v) is 2.07. The first-order valence-corrected chi connectivity index (χ1v) is 5.99. The van der Waals surface area contributed by atoms with Crippen LogP contribution in [0.25, 0.3) is 0 Å². The quantitative estimate of drug-likeness (QED) is 0.505. The van der Waals surface area contributed by atoms with Crippen molar-refractivity contribution in [1.29, 1.82) is 0 Å². The first-order valence-electron chi connectivity index (χ1n) is 5.99. The van der Waals surface area contributed by atoms with E-state index in [9.17, 15) is 14.9 Å². The van der Waals surface area contributed by atoms with Crippen molar-refractivity contribution in [3.05, 3.63) is 39.9 Å². The third kappa shape index (κ3) is 5.94. The maximum atomic E-state index is 11.4. The molecule has 1 aromatic carbocycles. The van der Waals surface area contributed by atoms with Crippen LogP contribution in [0, 0.1) is 10.1 Å². The van der Waals surface area contributed by atoms with Gasteiger partial charge in [-0.3, -0.25) is 14.9 Å². The Balaban J connectivity index is 2.47. The Labute approximate surface area is 116 Å². The molecule has 0 fully saturated rings.